The van der Waals surface area contributed by atoms with Crippen LogP contribution in [0.2, 0.25) is 0 Å². The van der Waals surface area contributed by atoms with E-state index in [-0.39, 0.29) is 5.92 Å². The van der Waals surface area contributed by atoms with E-state index in [9.17, 15) is 18.0 Å². The zero-order valence-corrected chi connectivity index (χ0v) is 11.8. The van der Waals surface area contributed by atoms with Gasteiger partial charge in [0.05, 0.1) is 0 Å². The van der Waals surface area contributed by atoms with Crippen LogP contribution in [0.15, 0.2) is 0 Å². The molecule has 0 spiro atoms. The van der Waals surface area contributed by atoms with Crippen molar-refractivity contribution >= 4 is 21.6 Å². The maximum absolute atomic E-state index is 11.5. The lowest BCUT2D eigenvalue weighted by molar-refractivity contribution is -0.151. The van der Waals surface area contributed by atoms with Gasteiger partial charge in [-0.1, -0.05) is 13.8 Å². The molecule has 100 valence electrons. The summed E-state index contributed by atoms with van der Waals surface area (Å²) in [5, 5.41) is 0. The minimum Gasteiger partial charge on any atom is -0.459 e. The van der Waals surface area contributed by atoms with Crippen LogP contribution in [0.1, 0.15) is 34.6 Å². The number of esters is 1. The van der Waals surface area contributed by atoms with E-state index in [1.54, 1.807) is 34.6 Å². The van der Waals surface area contributed by atoms with Gasteiger partial charge in [-0.2, -0.15) is 0 Å². The summed E-state index contributed by atoms with van der Waals surface area (Å²) in [6, 6.07) is 0. The largest absolute Gasteiger partial charge is 0.459 e. The summed E-state index contributed by atoms with van der Waals surface area (Å²) in [5.41, 5.74) is -0.728. The predicted molar refractivity (Wildman–Crippen MR) is 64.3 cm³/mol. The highest BCUT2D eigenvalue weighted by molar-refractivity contribution is 7.92. The van der Waals surface area contributed by atoms with E-state index in [0.717, 1.165) is 0 Å². The quantitative estimate of drug-likeness (QED) is 0.691. The molecule has 0 saturated carbocycles. The summed E-state index contributed by atoms with van der Waals surface area (Å²) < 4.78 is 27.9. The standard InChI is InChI=1S/C11H20O5S/c1-8(2)9(12)6-17(14,15)7-10(13)16-11(3,4)5/h8H,6-7H2,1-5H3. The number of rotatable bonds is 5. The molecule has 6 heteroatoms. The Morgan fingerprint density at radius 2 is 1.59 bits per heavy atom. The third-order valence-corrected chi connectivity index (χ3v) is 3.16. The zero-order valence-electron chi connectivity index (χ0n) is 10.9. The van der Waals surface area contributed by atoms with Crippen molar-refractivity contribution in [2.45, 2.75) is 40.2 Å². The summed E-state index contributed by atoms with van der Waals surface area (Å²) in [6.07, 6.45) is 0. The first-order valence-corrected chi connectivity index (χ1v) is 7.20. The maximum atomic E-state index is 11.5. The van der Waals surface area contributed by atoms with Crippen LogP contribution in [0, 0.1) is 5.92 Å². The Labute approximate surface area is 102 Å². The average Bonchev–Trinajstić information content (AvgIpc) is 1.96. The lowest BCUT2D eigenvalue weighted by Crippen LogP contribution is -2.31. The van der Waals surface area contributed by atoms with E-state index in [0.29, 0.717) is 0 Å². The van der Waals surface area contributed by atoms with Gasteiger partial charge < -0.3 is 4.74 Å². The molecule has 17 heavy (non-hydrogen) atoms. The van der Waals surface area contributed by atoms with E-state index in [2.05, 4.69) is 0 Å². The summed E-state index contributed by atoms with van der Waals surface area (Å²) in [6.45, 7) is 8.18. The lowest BCUT2D eigenvalue weighted by atomic mass is 10.1. The fraction of sp³-hybridized carbons (Fsp3) is 0.818. The van der Waals surface area contributed by atoms with Gasteiger partial charge >= 0.3 is 5.97 Å². The number of ether oxygens (including phenoxy) is 1. The third kappa shape index (κ3) is 7.90. The van der Waals surface area contributed by atoms with Crippen molar-refractivity contribution in [1.29, 1.82) is 0 Å². The van der Waals surface area contributed by atoms with Gasteiger partial charge in [0, 0.05) is 5.92 Å². The van der Waals surface area contributed by atoms with Crippen LogP contribution < -0.4 is 0 Å². The van der Waals surface area contributed by atoms with Crippen molar-refractivity contribution in [2.24, 2.45) is 5.92 Å². The first-order chi connectivity index (χ1) is 7.43. The summed E-state index contributed by atoms with van der Waals surface area (Å²) in [4.78, 5) is 22.6. The second-order valence-corrected chi connectivity index (χ2v) is 7.30. The number of carbonyl (C=O) groups excluding carboxylic acids is 2. The summed E-state index contributed by atoms with van der Waals surface area (Å²) in [5.74, 6) is -2.93. The first-order valence-electron chi connectivity index (χ1n) is 5.38. The van der Waals surface area contributed by atoms with Crippen molar-refractivity contribution in [1.82, 2.24) is 0 Å². The van der Waals surface area contributed by atoms with Crippen LogP contribution in [0.5, 0.6) is 0 Å². The molecule has 0 bridgehead atoms. The van der Waals surface area contributed by atoms with Crippen molar-refractivity contribution in [3.05, 3.63) is 0 Å². The van der Waals surface area contributed by atoms with Gasteiger partial charge in [-0.05, 0) is 20.8 Å². The second-order valence-electron chi connectivity index (χ2n) is 5.24. The molecule has 0 unspecified atom stereocenters. The number of carbonyl (C=O) groups is 2. The molecule has 0 fully saturated rings. The molecule has 5 nitrogen and oxygen atoms in total. The monoisotopic (exact) mass is 264 g/mol. The van der Waals surface area contributed by atoms with E-state index in [1.807, 2.05) is 0 Å². The molecule has 0 aliphatic heterocycles. The number of hydrogen-bond donors (Lipinski definition) is 0. The van der Waals surface area contributed by atoms with Crippen LogP contribution in [0.25, 0.3) is 0 Å². The van der Waals surface area contributed by atoms with Crippen molar-refractivity contribution in [3.8, 4) is 0 Å². The Morgan fingerprint density at radius 3 is 1.94 bits per heavy atom. The Bertz CT molecular complexity index is 387. The molecule has 0 atom stereocenters. The van der Waals surface area contributed by atoms with Gasteiger partial charge in [-0.3, -0.25) is 9.59 Å². The minimum atomic E-state index is -3.72. The minimum absolute atomic E-state index is 0.358. The molecule has 0 aromatic carbocycles. The van der Waals surface area contributed by atoms with Gasteiger partial charge in [-0.15, -0.1) is 0 Å². The predicted octanol–water partition coefficient (Wildman–Crippen LogP) is 0.968. The van der Waals surface area contributed by atoms with Crippen LogP contribution in [0.3, 0.4) is 0 Å². The molecule has 0 aromatic rings. The van der Waals surface area contributed by atoms with E-state index >= 15 is 0 Å². The molecule has 0 amide bonds. The van der Waals surface area contributed by atoms with Crippen molar-refractivity contribution in [3.63, 3.8) is 0 Å². The van der Waals surface area contributed by atoms with Gasteiger partial charge in [0.25, 0.3) is 0 Å². The van der Waals surface area contributed by atoms with Crippen LogP contribution in [-0.4, -0.2) is 37.3 Å². The fourth-order valence-electron chi connectivity index (χ4n) is 0.985. The van der Waals surface area contributed by atoms with Gasteiger partial charge in [0.1, 0.15) is 22.9 Å². The van der Waals surface area contributed by atoms with Crippen LogP contribution >= 0.6 is 0 Å². The Balaban J connectivity index is 4.47. The van der Waals surface area contributed by atoms with Crippen LogP contribution in [0.4, 0.5) is 0 Å². The molecule has 0 aliphatic rings. The highest BCUT2D eigenvalue weighted by Gasteiger charge is 2.25. The molecule has 0 N–H and O–H groups in total. The average molecular weight is 264 g/mol. The summed E-state index contributed by atoms with van der Waals surface area (Å²) in [7, 11) is -3.72. The molecule has 0 rings (SSSR count). The Hall–Kier alpha value is -0.910. The molecular formula is C11H20O5S. The highest BCUT2D eigenvalue weighted by Crippen LogP contribution is 2.08. The highest BCUT2D eigenvalue weighted by atomic mass is 32.2. The second kappa shape index (κ2) is 5.62. The van der Waals surface area contributed by atoms with Crippen molar-refractivity contribution < 1.29 is 22.7 Å². The smallest absolute Gasteiger partial charge is 0.321 e. The zero-order chi connectivity index (χ0) is 13.9. The van der Waals surface area contributed by atoms with E-state index in [4.69, 9.17) is 4.74 Å². The van der Waals surface area contributed by atoms with E-state index in [1.165, 1.54) is 0 Å². The Kier molecular flexibility index (Phi) is 5.32. The van der Waals surface area contributed by atoms with Gasteiger partial charge in [0.15, 0.2) is 9.84 Å². The van der Waals surface area contributed by atoms with Crippen molar-refractivity contribution in [2.75, 3.05) is 11.5 Å². The normalized spacial score (nSPS) is 12.6. The first kappa shape index (κ1) is 16.1. The van der Waals surface area contributed by atoms with Gasteiger partial charge in [0.2, 0.25) is 0 Å². The Morgan fingerprint density at radius 1 is 1.12 bits per heavy atom. The number of hydrogen-bond acceptors (Lipinski definition) is 5. The molecular weight excluding hydrogens is 244 g/mol. The molecule has 0 heterocycles. The third-order valence-electron chi connectivity index (χ3n) is 1.76. The van der Waals surface area contributed by atoms with E-state index < -0.39 is 38.7 Å². The maximum Gasteiger partial charge on any atom is 0.321 e. The number of Topliss-reactive ketones (excluding diaryl/α,β-unsaturated/α-hetero) is 1. The van der Waals surface area contributed by atoms with Crippen LogP contribution in [-0.2, 0) is 24.2 Å². The van der Waals surface area contributed by atoms with Gasteiger partial charge in [-0.25, -0.2) is 8.42 Å². The SMILES string of the molecule is CC(C)C(=O)CS(=O)(=O)CC(=O)OC(C)(C)C. The molecule has 0 radical (unpaired) electrons. The number of sulfone groups is 1. The fourth-order valence-corrected chi connectivity index (χ4v) is 2.27. The lowest BCUT2D eigenvalue weighted by Gasteiger charge is -2.19. The summed E-state index contributed by atoms with van der Waals surface area (Å²) >= 11 is 0. The molecule has 0 saturated heterocycles. The topological polar surface area (TPSA) is 77.5 Å². The number of ketones is 1. The molecule has 0 aliphatic carbocycles. The molecule has 0 aromatic heterocycles.